The summed E-state index contributed by atoms with van der Waals surface area (Å²) in [5, 5.41) is 19.8. The van der Waals surface area contributed by atoms with Gasteiger partial charge in [0.2, 0.25) is 23.6 Å². The molecule has 0 bridgehead atoms. The molecule has 3 aromatic carbocycles. The Kier molecular flexibility index (Phi) is 18.8. The molecule has 1 saturated carbocycles. The Bertz CT molecular complexity index is 3310. The summed E-state index contributed by atoms with van der Waals surface area (Å²) in [6.45, 7) is 10.2. The molecule has 16 nitrogen and oxygen atoms in total. The van der Waals surface area contributed by atoms with Crippen molar-refractivity contribution in [2.45, 2.75) is 161 Å². The fourth-order valence-corrected chi connectivity index (χ4v) is 11.9. The van der Waals surface area contributed by atoms with Crippen molar-refractivity contribution < 1.29 is 24.3 Å². The largest absolute Gasteiger partial charge is 0.391 e. The number of aliphatic hydroxyl groups is 1. The number of β-amino-alcohol motifs (C(OH)–C–C–N with tert-alkyl or cyclic N) is 1. The number of rotatable bonds is 24. The maximum atomic E-state index is 14.1. The van der Waals surface area contributed by atoms with Crippen molar-refractivity contribution in [2.75, 3.05) is 18.8 Å². The number of pyridine rings is 2. The fraction of sp³-hybridized carbons (Fsp3) is 0.438. The fourth-order valence-electron chi connectivity index (χ4n) is 11.1. The standard InChI is InChI=1S/C64H79N11O5S/c1-41(44-22-24-45(25-23-44)56-42(2)69-40-81-56)70-61(79)53-38-49(76)39-74(53)62(80)57(63(3,4)5)73-55(78)20-12-10-8-6-7-9-11-13-35-67-54(77)32-21-43-17-14-18-46(37-43)51-30-31-52-60(71-51)75(59(72-52)50-19-15-36-68-58(50)65)48-28-26-47(27-29-48)64(66)33-16-34-64/h14-15,17-19,22-31,36-37,40-41,49,53,57,76H,6-13,16,20-21,32-35,38-39,66H2,1-5H3,(H2,65,68)(H,67,77)(H,70,79)(H,73,78)/t41-,49-,53+,57+/m0/s1. The SMILES string of the molecule is Cc1ncsc1-c1ccc([C@H](C)NC(=O)[C@H]2C[C@H](O)CN2C(=O)[C@@H](NC(=O)CCCCCCCCCCNC(=O)CCc2cccc(-c3ccc4nc(-c5cccnc5N)n(-c5ccc(C6(N)CCC6)cc5)c4n3)c2)C(C)(C)C)cc1. The van der Waals surface area contributed by atoms with E-state index in [-0.39, 0.29) is 48.2 Å². The highest BCUT2D eigenvalue weighted by Crippen LogP contribution is 2.40. The molecule has 1 aliphatic heterocycles. The number of unbranched alkanes of at least 4 members (excludes halogenated alkanes) is 7. The molecular weight excluding hydrogens is 1030 g/mol. The van der Waals surface area contributed by atoms with Crippen molar-refractivity contribution in [2.24, 2.45) is 11.1 Å². The van der Waals surface area contributed by atoms with Gasteiger partial charge in [-0.15, -0.1) is 11.3 Å². The predicted octanol–water partition coefficient (Wildman–Crippen LogP) is 10.4. The van der Waals surface area contributed by atoms with Gasteiger partial charge in [0.05, 0.1) is 39.5 Å². The minimum absolute atomic E-state index is 0.0240. The molecular formula is C64H79N11O5S. The third-order valence-corrected chi connectivity index (χ3v) is 17.1. The summed E-state index contributed by atoms with van der Waals surface area (Å²) in [5.41, 5.74) is 23.9. The lowest BCUT2D eigenvalue weighted by Crippen LogP contribution is -2.57. The van der Waals surface area contributed by atoms with Crippen LogP contribution in [0.25, 0.3) is 49.9 Å². The number of aromatic nitrogens is 5. The van der Waals surface area contributed by atoms with Crippen LogP contribution in [0, 0.1) is 12.3 Å². The summed E-state index contributed by atoms with van der Waals surface area (Å²) in [5.74, 6) is 0.175. The van der Waals surface area contributed by atoms with Crippen molar-refractivity contribution >= 4 is 51.9 Å². The van der Waals surface area contributed by atoms with E-state index in [1.165, 1.54) is 4.90 Å². The Hall–Kier alpha value is -7.34. The number of nitrogens with two attached hydrogens (primary N) is 2. The number of nitrogens with one attached hydrogen (secondary N) is 3. The number of aliphatic hydroxyl groups excluding tert-OH is 1. The second kappa shape index (κ2) is 26.1. The zero-order valence-electron chi connectivity index (χ0n) is 47.5. The van der Waals surface area contributed by atoms with Crippen molar-refractivity contribution in [3.8, 4) is 38.8 Å². The zero-order valence-corrected chi connectivity index (χ0v) is 48.4. The van der Waals surface area contributed by atoms with E-state index < -0.39 is 23.6 Å². The van der Waals surface area contributed by atoms with Crippen LogP contribution in [0.5, 0.6) is 0 Å². The van der Waals surface area contributed by atoms with E-state index in [1.807, 2.05) is 111 Å². The van der Waals surface area contributed by atoms with Crippen LogP contribution in [-0.2, 0) is 31.1 Å². The molecule has 7 aromatic rings. The number of carbonyl (C=O) groups excluding carboxylic acids is 4. The third-order valence-electron chi connectivity index (χ3n) is 16.1. The van der Waals surface area contributed by atoms with Crippen LogP contribution >= 0.6 is 11.3 Å². The third kappa shape index (κ3) is 14.2. The number of nitrogens with zero attached hydrogens (tertiary/aromatic N) is 6. The number of anilines is 1. The van der Waals surface area contributed by atoms with Gasteiger partial charge < -0.3 is 37.4 Å². The number of hydrogen-bond donors (Lipinski definition) is 6. The summed E-state index contributed by atoms with van der Waals surface area (Å²) in [7, 11) is 0. The number of benzene rings is 3. The van der Waals surface area contributed by atoms with E-state index in [9.17, 15) is 24.3 Å². The van der Waals surface area contributed by atoms with Gasteiger partial charge in [0.1, 0.15) is 23.4 Å². The normalized spacial score (nSPS) is 16.7. The first-order chi connectivity index (χ1) is 39.0. The van der Waals surface area contributed by atoms with Crippen molar-refractivity contribution in [1.82, 2.24) is 45.4 Å². The van der Waals surface area contributed by atoms with E-state index in [4.69, 9.17) is 21.4 Å². The summed E-state index contributed by atoms with van der Waals surface area (Å²) in [6, 6.07) is 30.3. The topological polar surface area (TPSA) is 236 Å². The number of aryl methyl sites for hydroxylation is 2. The Balaban J connectivity index is 0.669. The molecule has 81 heavy (non-hydrogen) atoms. The van der Waals surface area contributed by atoms with Crippen LogP contribution in [0.1, 0.15) is 146 Å². The van der Waals surface area contributed by atoms with Gasteiger partial charge >= 0.3 is 0 Å². The lowest BCUT2D eigenvalue weighted by Gasteiger charge is -2.38. The number of hydrogen-bond acceptors (Lipinski definition) is 12. The molecule has 1 saturated heterocycles. The van der Waals surface area contributed by atoms with Crippen LogP contribution in [0.4, 0.5) is 5.82 Å². The molecule has 5 heterocycles. The van der Waals surface area contributed by atoms with E-state index in [2.05, 4.69) is 56.3 Å². The van der Waals surface area contributed by atoms with Gasteiger partial charge in [0.25, 0.3) is 0 Å². The number of nitrogen functional groups attached to an aromatic ring is 1. The average Bonchev–Trinajstić information content (AvgIpc) is 3.83. The van der Waals surface area contributed by atoms with Crippen molar-refractivity contribution in [3.05, 3.63) is 131 Å². The monoisotopic (exact) mass is 1110 g/mol. The molecule has 17 heteroatoms. The number of amides is 4. The highest BCUT2D eigenvalue weighted by Gasteiger charge is 2.45. The van der Waals surface area contributed by atoms with Crippen LogP contribution in [0.2, 0.25) is 0 Å². The highest BCUT2D eigenvalue weighted by atomic mass is 32.1. The molecule has 4 amide bonds. The van der Waals surface area contributed by atoms with Crippen molar-refractivity contribution in [1.29, 1.82) is 0 Å². The second-order valence-electron chi connectivity index (χ2n) is 23.3. The lowest BCUT2D eigenvalue weighted by molar-refractivity contribution is -0.144. The number of likely N-dealkylation sites (tertiary alicyclic amines) is 1. The second-order valence-corrected chi connectivity index (χ2v) is 24.2. The Labute approximate surface area is 480 Å². The predicted molar refractivity (Wildman–Crippen MR) is 321 cm³/mol. The van der Waals surface area contributed by atoms with Gasteiger partial charge in [0, 0.05) is 55.3 Å². The smallest absolute Gasteiger partial charge is 0.246 e. The van der Waals surface area contributed by atoms with Gasteiger partial charge in [-0.25, -0.2) is 19.9 Å². The van der Waals surface area contributed by atoms with Crippen LogP contribution in [-0.4, -0.2) is 89.4 Å². The van der Waals surface area contributed by atoms with Gasteiger partial charge in [-0.1, -0.05) is 114 Å². The van der Waals surface area contributed by atoms with Gasteiger partial charge in [-0.2, -0.15) is 0 Å². The zero-order chi connectivity index (χ0) is 57.3. The summed E-state index contributed by atoms with van der Waals surface area (Å²) in [6.07, 6.45) is 13.1. The molecule has 426 valence electrons. The van der Waals surface area contributed by atoms with Gasteiger partial charge in [0.15, 0.2) is 11.5 Å². The molecule has 2 aliphatic rings. The summed E-state index contributed by atoms with van der Waals surface area (Å²) >= 11 is 1.58. The first kappa shape index (κ1) is 58.3. The first-order valence-electron chi connectivity index (χ1n) is 28.9. The van der Waals surface area contributed by atoms with E-state index in [0.717, 1.165) is 125 Å². The quantitative estimate of drug-likeness (QED) is 0.0311. The molecule has 0 radical (unpaired) electrons. The highest BCUT2D eigenvalue weighted by molar-refractivity contribution is 7.13. The molecule has 4 atom stereocenters. The van der Waals surface area contributed by atoms with Gasteiger partial charge in [-0.05, 0) is 123 Å². The van der Waals surface area contributed by atoms with Crippen molar-refractivity contribution in [3.63, 3.8) is 0 Å². The molecule has 8 N–H and O–H groups in total. The van der Waals surface area contributed by atoms with Gasteiger partial charge in [-0.3, -0.25) is 23.7 Å². The van der Waals surface area contributed by atoms with Crippen LogP contribution < -0.4 is 27.4 Å². The summed E-state index contributed by atoms with van der Waals surface area (Å²) in [4.78, 5) is 75.5. The summed E-state index contributed by atoms with van der Waals surface area (Å²) < 4.78 is 2.04. The van der Waals surface area contributed by atoms with E-state index in [0.29, 0.717) is 49.5 Å². The van der Waals surface area contributed by atoms with E-state index in [1.54, 1.807) is 17.5 Å². The molecule has 2 fully saturated rings. The lowest BCUT2D eigenvalue weighted by atomic mass is 9.73. The molecule has 9 rings (SSSR count). The average molecular weight is 1110 g/mol. The first-order valence-corrected chi connectivity index (χ1v) is 29.8. The maximum absolute atomic E-state index is 14.1. The Morgan fingerprint density at radius 2 is 1.54 bits per heavy atom. The van der Waals surface area contributed by atoms with E-state index >= 15 is 0 Å². The molecule has 0 spiro atoms. The number of imidazole rings is 1. The molecule has 4 aromatic heterocycles. The molecule has 1 aliphatic carbocycles. The Morgan fingerprint density at radius 3 is 2.22 bits per heavy atom. The van der Waals surface area contributed by atoms with Crippen LogP contribution in [0.3, 0.4) is 0 Å². The maximum Gasteiger partial charge on any atom is 0.246 e. The Morgan fingerprint density at radius 1 is 0.815 bits per heavy atom. The minimum atomic E-state index is -0.863. The minimum Gasteiger partial charge on any atom is -0.391 e. The van der Waals surface area contributed by atoms with Crippen LogP contribution in [0.15, 0.2) is 109 Å². The number of fused-ring (bicyclic) bond motifs is 1. The number of carbonyl (C=O) groups is 4. The molecule has 0 unspecified atom stereocenters. The number of thiazole rings is 1.